The lowest BCUT2D eigenvalue weighted by atomic mass is 9.92. The molecule has 0 unspecified atom stereocenters. The van der Waals surface area contributed by atoms with Crippen LogP contribution in [0.1, 0.15) is 32.6 Å². The first-order chi connectivity index (χ1) is 11.9. The van der Waals surface area contributed by atoms with Crippen LogP contribution in [0.5, 0.6) is 0 Å². The maximum absolute atomic E-state index is 13.2. The topological polar surface area (TPSA) is 82.4 Å². The molecule has 132 valence electrons. The summed E-state index contributed by atoms with van der Waals surface area (Å²) < 4.78 is 26.3. The van der Waals surface area contributed by atoms with Gasteiger partial charge in [0.2, 0.25) is 9.84 Å². The lowest BCUT2D eigenvalue weighted by Crippen LogP contribution is -2.28. The first-order valence-electron chi connectivity index (χ1n) is 8.17. The van der Waals surface area contributed by atoms with Crippen LogP contribution >= 0.6 is 11.8 Å². The zero-order valence-electron chi connectivity index (χ0n) is 14.3. The Balaban J connectivity index is 2.16. The van der Waals surface area contributed by atoms with Crippen LogP contribution in [-0.2, 0) is 9.84 Å². The van der Waals surface area contributed by atoms with Crippen LogP contribution in [0.15, 0.2) is 62.2 Å². The molecule has 0 aromatic heterocycles. The number of nitrogens with zero attached hydrogens (tertiary/aromatic N) is 1. The first kappa shape index (κ1) is 17.9. The normalized spacial score (nSPS) is 19.7. The van der Waals surface area contributed by atoms with E-state index in [1.165, 1.54) is 5.57 Å². The molecule has 1 heterocycles. The van der Waals surface area contributed by atoms with Crippen LogP contribution in [-0.4, -0.2) is 25.4 Å². The molecule has 2 N–H and O–H groups in total. The van der Waals surface area contributed by atoms with Gasteiger partial charge in [-0.1, -0.05) is 18.2 Å². The quantitative estimate of drug-likeness (QED) is 0.621. The number of sulfone groups is 1. The molecule has 25 heavy (non-hydrogen) atoms. The Hall–Kier alpha value is -1.86. The van der Waals surface area contributed by atoms with Crippen molar-refractivity contribution in [1.82, 2.24) is 5.32 Å². The van der Waals surface area contributed by atoms with Crippen molar-refractivity contribution in [1.29, 1.82) is 5.41 Å². The number of hydrogen-bond donors (Lipinski definition) is 2. The second-order valence-corrected chi connectivity index (χ2v) is 8.72. The van der Waals surface area contributed by atoms with Crippen molar-refractivity contribution in [3.05, 3.63) is 52.3 Å². The molecule has 0 atom stereocenters. The summed E-state index contributed by atoms with van der Waals surface area (Å²) in [5, 5.41) is 11.4. The zero-order chi connectivity index (χ0) is 18.0. The Morgan fingerprint density at radius 2 is 1.88 bits per heavy atom. The van der Waals surface area contributed by atoms with Crippen LogP contribution in [0.25, 0.3) is 0 Å². The van der Waals surface area contributed by atoms with Gasteiger partial charge in [0.25, 0.3) is 0 Å². The maximum atomic E-state index is 13.2. The summed E-state index contributed by atoms with van der Waals surface area (Å²) in [5.41, 5.74) is 3.07. The van der Waals surface area contributed by atoms with Crippen LogP contribution in [0.4, 0.5) is 0 Å². The van der Waals surface area contributed by atoms with E-state index in [0.717, 1.165) is 48.9 Å². The second kappa shape index (κ2) is 7.17. The average Bonchev–Trinajstić information content (AvgIpc) is 2.62. The SMILES string of the molecule is CSC(=N)/C(=C1/N=C(C)C2=C(CCCC2)N1)S(=O)(=O)c1ccccc1. The minimum atomic E-state index is -3.83. The van der Waals surface area contributed by atoms with Crippen molar-refractivity contribution in [3.8, 4) is 0 Å². The second-order valence-electron chi connectivity index (χ2n) is 6.01. The number of aliphatic imine (C=N–C) groups is 1. The van der Waals surface area contributed by atoms with Gasteiger partial charge in [-0.15, -0.1) is 11.8 Å². The fourth-order valence-electron chi connectivity index (χ4n) is 3.12. The van der Waals surface area contributed by atoms with Gasteiger partial charge < -0.3 is 5.32 Å². The lowest BCUT2D eigenvalue weighted by molar-refractivity contribution is 0.602. The fraction of sp³-hybridized carbons (Fsp3) is 0.333. The number of benzene rings is 1. The van der Waals surface area contributed by atoms with E-state index >= 15 is 0 Å². The summed E-state index contributed by atoms with van der Waals surface area (Å²) in [6.07, 6.45) is 5.76. The van der Waals surface area contributed by atoms with E-state index in [1.807, 2.05) is 6.92 Å². The Morgan fingerprint density at radius 3 is 2.56 bits per heavy atom. The van der Waals surface area contributed by atoms with Crippen LogP contribution in [0, 0.1) is 5.41 Å². The smallest absolute Gasteiger partial charge is 0.212 e. The van der Waals surface area contributed by atoms with Gasteiger partial charge in [0.1, 0.15) is 9.95 Å². The minimum absolute atomic E-state index is 0.0113. The zero-order valence-corrected chi connectivity index (χ0v) is 15.9. The lowest BCUT2D eigenvalue weighted by Gasteiger charge is -2.27. The molecule has 1 aliphatic heterocycles. The highest BCUT2D eigenvalue weighted by molar-refractivity contribution is 8.16. The molecule has 1 aliphatic carbocycles. The van der Waals surface area contributed by atoms with E-state index in [4.69, 9.17) is 5.41 Å². The van der Waals surface area contributed by atoms with Crippen LogP contribution in [0.2, 0.25) is 0 Å². The van der Waals surface area contributed by atoms with E-state index < -0.39 is 9.84 Å². The molecule has 7 heteroatoms. The number of rotatable bonds is 3. The van der Waals surface area contributed by atoms with Crippen molar-refractivity contribution < 1.29 is 8.42 Å². The molecule has 0 amide bonds. The Labute approximate surface area is 152 Å². The van der Waals surface area contributed by atoms with Gasteiger partial charge in [0.05, 0.1) is 4.90 Å². The minimum Gasteiger partial charge on any atom is -0.342 e. The van der Waals surface area contributed by atoms with Crippen molar-refractivity contribution in [2.24, 2.45) is 4.99 Å². The molecule has 0 fully saturated rings. The molecule has 1 aromatic carbocycles. The maximum Gasteiger partial charge on any atom is 0.212 e. The largest absolute Gasteiger partial charge is 0.342 e. The highest BCUT2D eigenvalue weighted by atomic mass is 32.2. The monoisotopic (exact) mass is 375 g/mol. The number of allylic oxidation sites excluding steroid dienone is 2. The van der Waals surface area contributed by atoms with Gasteiger partial charge in [-0.05, 0) is 56.6 Å². The standard InChI is InChI=1S/C18H21N3O2S2/c1-12-14-10-6-7-11-15(14)21-18(20-12)16(17(19)24-2)25(22,23)13-8-4-3-5-9-13/h3-5,8-9,19,21H,6-7,10-11H2,1-2H3/b18-16+,19-17?. The third kappa shape index (κ3) is 3.43. The summed E-state index contributed by atoms with van der Waals surface area (Å²) in [7, 11) is -3.83. The molecule has 0 bridgehead atoms. The van der Waals surface area contributed by atoms with E-state index in [0.29, 0.717) is 0 Å². The van der Waals surface area contributed by atoms with Crippen molar-refractivity contribution in [2.45, 2.75) is 37.5 Å². The first-order valence-corrected chi connectivity index (χ1v) is 10.9. The third-order valence-corrected chi connectivity index (χ3v) is 6.97. The van der Waals surface area contributed by atoms with Gasteiger partial charge >= 0.3 is 0 Å². The van der Waals surface area contributed by atoms with E-state index in [9.17, 15) is 8.42 Å². The highest BCUT2D eigenvalue weighted by Crippen LogP contribution is 2.32. The van der Waals surface area contributed by atoms with E-state index in [2.05, 4.69) is 10.3 Å². The Kier molecular flexibility index (Phi) is 5.15. The van der Waals surface area contributed by atoms with Crippen molar-refractivity contribution in [3.63, 3.8) is 0 Å². The van der Waals surface area contributed by atoms with Crippen molar-refractivity contribution >= 4 is 32.4 Å². The summed E-state index contributed by atoms with van der Waals surface area (Å²) in [5.74, 6) is 0.265. The summed E-state index contributed by atoms with van der Waals surface area (Å²) in [4.78, 5) is 4.64. The van der Waals surface area contributed by atoms with E-state index in [-0.39, 0.29) is 20.7 Å². The summed E-state index contributed by atoms with van der Waals surface area (Å²) >= 11 is 1.10. The number of thioether (sulfide) groups is 1. The van der Waals surface area contributed by atoms with Gasteiger partial charge in [-0.3, -0.25) is 5.41 Å². The molecule has 2 aliphatic rings. The summed E-state index contributed by atoms with van der Waals surface area (Å²) in [6.45, 7) is 1.91. The number of nitrogens with one attached hydrogen (secondary N) is 2. The van der Waals surface area contributed by atoms with Gasteiger partial charge in [-0.25, -0.2) is 13.4 Å². The van der Waals surface area contributed by atoms with Gasteiger partial charge in [-0.2, -0.15) is 0 Å². The van der Waals surface area contributed by atoms with Gasteiger partial charge in [0, 0.05) is 11.4 Å². The molecule has 5 nitrogen and oxygen atoms in total. The average molecular weight is 376 g/mol. The van der Waals surface area contributed by atoms with E-state index in [1.54, 1.807) is 36.6 Å². The molecule has 0 saturated carbocycles. The third-order valence-electron chi connectivity index (χ3n) is 4.40. The summed E-state index contributed by atoms with van der Waals surface area (Å²) in [6, 6.07) is 8.24. The fourth-order valence-corrected chi connectivity index (χ4v) is 5.33. The molecule has 0 radical (unpaired) electrons. The Morgan fingerprint density at radius 1 is 1.20 bits per heavy atom. The van der Waals surface area contributed by atoms with Crippen LogP contribution in [0.3, 0.4) is 0 Å². The van der Waals surface area contributed by atoms with Crippen LogP contribution < -0.4 is 5.32 Å². The molecule has 3 rings (SSSR count). The molecule has 1 aromatic rings. The number of hydrogen-bond acceptors (Lipinski definition) is 6. The predicted molar refractivity (Wildman–Crippen MR) is 104 cm³/mol. The molecular formula is C18H21N3O2S2. The highest BCUT2D eigenvalue weighted by Gasteiger charge is 2.31. The molecule has 0 saturated heterocycles. The molecule has 0 spiro atoms. The van der Waals surface area contributed by atoms with Crippen molar-refractivity contribution in [2.75, 3.05) is 6.26 Å². The Bertz CT molecular complexity index is 898. The molecular weight excluding hydrogens is 354 g/mol. The van der Waals surface area contributed by atoms with Gasteiger partial charge in [0.15, 0.2) is 5.82 Å². The predicted octanol–water partition coefficient (Wildman–Crippen LogP) is 3.86.